The second kappa shape index (κ2) is 7.91. The van der Waals surface area contributed by atoms with E-state index in [9.17, 15) is 9.90 Å². The average molecular weight is 384 g/mol. The summed E-state index contributed by atoms with van der Waals surface area (Å²) in [6, 6.07) is 7.44. The summed E-state index contributed by atoms with van der Waals surface area (Å²) in [6.07, 6.45) is 6.07. The summed E-state index contributed by atoms with van der Waals surface area (Å²) in [5.74, 6) is -0.906. The van der Waals surface area contributed by atoms with E-state index in [1.54, 1.807) is 13.0 Å². The van der Waals surface area contributed by atoms with E-state index in [0.29, 0.717) is 11.1 Å². The van der Waals surface area contributed by atoms with Crippen molar-refractivity contribution in [2.24, 2.45) is 4.99 Å². The Kier molecular flexibility index (Phi) is 6.88. The van der Waals surface area contributed by atoms with Gasteiger partial charge >= 0.3 is 5.97 Å². The number of para-hydroxylation sites is 1. The summed E-state index contributed by atoms with van der Waals surface area (Å²) < 4.78 is 0. The molecule has 0 aromatic heterocycles. The number of hydrogen-bond acceptors (Lipinski definition) is 2. The van der Waals surface area contributed by atoms with Gasteiger partial charge in [-0.25, -0.2) is 4.79 Å². The predicted octanol–water partition coefficient (Wildman–Crippen LogP) is 3.82. The molecular formula is C15H17NO2Pr. The molecule has 3 nitrogen and oxygen atoms in total. The van der Waals surface area contributed by atoms with Crippen LogP contribution >= 0.6 is 0 Å². The maximum absolute atomic E-state index is 11.2. The molecule has 0 atom stereocenters. The Hall–Kier alpha value is -0.536. The molecule has 0 saturated heterocycles. The van der Waals surface area contributed by atoms with Gasteiger partial charge in [0.1, 0.15) is 0 Å². The van der Waals surface area contributed by atoms with Gasteiger partial charge < -0.3 is 5.11 Å². The number of allylic oxidation sites excluding steroid dienone is 1. The molecule has 0 unspecified atom stereocenters. The van der Waals surface area contributed by atoms with Gasteiger partial charge in [-0.2, -0.15) is 0 Å². The molecular weight excluding hydrogens is 367 g/mol. The van der Waals surface area contributed by atoms with Gasteiger partial charge in [0, 0.05) is 52.6 Å². The summed E-state index contributed by atoms with van der Waals surface area (Å²) in [7, 11) is 0. The number of aliphatic imine (C=N–C) groups is 1. The van der Waals surface area contributed by atoms with Crippen LogP contribution in [0.5, 0.6) is 0 Å². The first kappa shape index (κ1) is 16.5. The third-order valence-electron chi connectivity index (χ3n) is 3.17. The zero-order valence-corrected chi connectivity index (χ0v) is 14.8. The maximum atomic E-state index is 11.2. The Balaban J connectivity index is 0.00000180. The van der Waals surface area contributed by atoms with Crippen molar-refractivity contribution < 1.29 is 51.2 Å². The Labute approximate surface area is 146 Å². The Morgan fingerprint density at radius 2 is 1.89 bits per heavy atom. The Morgan fingerprint density at radius 1 is 1.26 bits per heavy atom. The van der Waals surface area contributed by atoms with Gasteiger partial charge in [-0.15, -0.1) is 0 Å². The zero-order valence-electron chi connectivity index (χ0n) is 11.1. The minimum Gasteiger partial charge on any atom is -0.478 e. The number of nitrogens with zero attached hydrogens (tertiary/aromatic N) is 1. The summed E-state index contributed by atoms with van der Waals surface area (Å²) in [4.78, 5) is 15.8. The number of benzene rings is 1. The van der Waals surface area contributed by atoms with Crippen molar-refractivity contribution in [1.29, 1.82) is 0 Å². The maximum Gasteiger partial charge on any atom is 0.336 e. The summed E-state index contributed by atoms with van der Waals surface area (Å²) in [5, 5.41) is 9.20. The summed E-state index contributed by atoms with van der Waals surface area (Å²) >= 11 is 0. The first-order chi connectivity index (χ1) is 8.72. The topological polar surface area (TPSA) is 49.7 Å². The molecule has 1 N–H and O–H groups in total. The van der Waals surface area contributed by atoms with Gasteiger partial charge in [0.15, 0.2) is 0 Å². The molecule has 1 fully saturated rings. The van der Waals surface area contributed by atoms with Gasteiger partial charge in [-0.1, -0.05) is 24.3 Å². The monoisotopic (exact) mass is 384 g/mol. The van der Waals surface area contributed by atoms with E-state index >= 15 is 0 Å². The Morgan fingerprint density at radius 3 is 2.47 bits per heavy atom. The van der Waals surface area contributed by atoms with E-state index in [2.05, 4.69) is 4.99 Å². The van der Waals surface area contributed by atoms with Crippen molar-refractivity contribution in [1.82, 2.24) is 0 Å². The van der Waals surface area contributed by atoms with E-state index in [0.717, 1.165) is 18.5 Å². The molecule has 1 aromatic rings. The number of carbonyl (C=O) groups is 1. The molecule has 97 valence electrons. The molecule has 1 saturated carbocycles. The molecule has 0 bridgehead atoms. The standard InChI is InChI=1S/C15H17NO2.Pr/c1-2-12(15(17)18)13-9-5-6-10-14(13)16-11-7-3-4-8-11;/h2,5-6,9-10H,3-4,7-8H2,1H3,(H,17,18);/b12-2+;. The molecule has 0 spiro atoms. The quantitative estimate of drug-likeness (QED) is 0.806. The number of carboxylic acids is 1. The SMILES string of the molecule is C/C=C(/C(=O)O)c1ccccc1N=C1CCCC1.[Pr]. The van der Waals surface area contributed by atoms with Crippen LogP contribution < -0.4 is 0 Å². The van der Waals surface area contributed by atoms with Crippen molar-refractivity contribution >= 4 is 22.9 Å². The first-order valence-corrected chi connectivity index (χ1v) is 6.28. The van der Waals surface area contributed by atoms with Crippen LogP contribution in [0.25, 0.3) is 5.57 Å². The van der Waals surface area contributed by atoms with Crippen LogP contribution in [0.4, 0.5) is 5.69 Å². The second-order valence-corrected chi connectivity index (χ2v) is 4.41. The normalized spacial score (nSPS) is 15.0. The van der Waals surface area contributed by atoms with Crippen LogP contribution in [0, 0.1) is 41.3 Å². The van der Waals surface area contributed by atoms with Crippen LogP contribution in [0.15, 0.2) is 35.3 Å². The summed E-state index contributed by atoms with van der Waals surface area (Å²) in [5.41, 5.74) is 2.97. The van der Waals surface area contributed by atoms with Gasteiger partial charge in [-0.05, 0) is 38.7 Å². The van der Waals surface area contributed by atoms with Crippen LogP contribution in [-0.4, -0.2) is 16.8 Å². The molecule has 1 aromatic carbocycles. The van der Waals surface area contributed by atoms with Crippen LogP contribution in [0.2, 0.25) is 0 Å². The molecule has 1 radical (unpaired) electrons. The predicted molar refractivity (Wildman–Crippen MR) is 73.3 cm³/mol. The van der Waals surface area contributed by atoms with Crippen LogP contribution in [-0.2, 0) is 4.79 Å². The van der Waals surface area contributed by atoms with E-state index in [1.807, 2.05) is 24.3 Å². The van der Waals surface area contributed by atoms with Gasteiger partial charge in [0.05, 0.1) is 11.3 Å². The van der Waals surface area contributed by atoms with Crippen LogP contribution in [0.1, 0.15) is 38.2 Å². The fraction of sp³-hybridized carbons (Fsp3) is 0.333. The largest absolute Gasteiger partial charge is 0.478 e. The Bertz CT molecular complexity index is 513. The molecule has 0 heterocycles. The molecule has 4 heteroatoms. The van der Waals surface area contributed by atoms with Gasteiger partial charge in [0.2, 0.25) is 0 Å². The molecule has 0 aliphatic heterocycles. The smallest absolute Gasteiger partial charge is 0.336 e. The first-order valence-electron chi connectivity index (χ1n) is 6.28. The molecule has 2 rings (SSSR count). The molecule has 0 amide bonds. The molecule has 19 heavy (non-hydrogen) atoms. The fourth-order valence-electron chi connectivity index (χ4n) is 2.26. The van der Waals surface area contributed by atoms with Crippen molar-refractivity contribution in [2.45, 2.75) is 32.6 Å². The van der Waals surface area contributed by atoms with Crippen molar-refractivity contribution in [2.75, 3.05) is 0 Å². The minimum atomic E-state index is -0.906. The molecule has 1 aliphatic carbocycles. The number of aliphatic carboxylic acids is 1. The van der Waals surface area contributed by atoms with Crippen molar-refractivity contribution in [3.8, 4) is 0 Å². The summed E-state index contributed by atoms with van der Waals surface area (Å²) in [6.45, 7) is 1.74. The van der Waals surface area contributed by atoms with E-state index < -0.39 is 5.97 Å². The van der Waals surface area contributed by atoms with Gasteiger partial charge in [0.25, 0.3) is 0 Å². The third kappa shape index (κ3) is 4.22. The van der Waals surface area contributed by atoms with Crippen molar-refractivity contribution in [3.05, 3.63) is 35.9 Å². The van der Waals surface area contributed by atoms with Crippen LogP contribution in [0.3, 0.4) is 0 Å². The van der Waals surface area contributed by atoms with Gasteiger partial charge in [-0.3, -0.25) is 4.99 Å². The molecule has 1 aliphatic rings. The van der Waals surface area contributed by atoms with E-state index in [1.165, 1.54) is 18.6 Å². The van der Waals surface area contributed by atoms with E-state index in [-0.39, 0.29) is 41.3 Å². The van der Waals surface area contributed by atoms with E-state index in [4.69, 9.17) is 0 Å². The second-order valence-electron chi connectivity index (χ2n) is 4.41. The fourth-order valence-corrected chi connectivity index (χ4v) is 2.26. The third-order valence-corrected chi connectivity index (χ3v) is 3.17. The number of carboxylic acid groups (broad SMARTS) is 1. The number of rotatable bonds is 3. The number of hydrogen-bond donors (Lipinski definition) is 1. The zero-order chi connectivity index (χ0) is 13.0. The van der Waals surface area contributed by atoms with Crippen molar-refractivity contribution in [3.63, 3.8) is 0 Å². The minimum absolute atomic E-state index is 0. The average Bonchev–Trinajstić information content (AvgIpc) is 2.84.